The van der Waals surface area contributed by atoms with Gasteiger partial charge in [0.05, 0.1) is 17.0 Å². The van der Waals surface area contributed by atoms with Crippen molar-refractivity contribution in [3.63, 3.8) is 0 Å². The van der Waals surface area contributed by atoms with Crippen molar-refractivity contribution >= 4 is 23.2 Å². The van der Waals surface area contributed by atoms with Crippen LogP contribution >= 0.6 is 0 Å². The number of benzene rings is 2. The van der Waals surface area contributed by atoms with Crippen molar-refractivity contribution in [2.24, 2.45) is 4.99 Å². The third-order valence-electron chi connectivity index (χ3n) is 5.50. The zero-order valence-electron chi connectivity index (χ0n) is 18.2. The first-order valence-corrected chi connectivity index (χ1v) is 10.5. The first kappa shape index (κ1) is 23.2. The lowest BCUT2D eigenvalue weighted by atomic mass is 10.0. The first-order valence-electron chi connectivity index (χ1n) is 10.5. The number of halogens is 3. The van der Waals surface area contributed by atoms with Gasteiger partial charge in [-0.3, -0.25) is 14.6 Å². The highest BCUT2D eigenvalue weighted by molar-refractivity contribution is 6.20. The maximum Gasteiger partial charge on any atom is 0.416 e. The van der Waals surface area contributed by atoms with Gasteiger partial charge in [0.1, 0.15) is 0 Å². The molecule has 1 unspecified atom stereocenters. The van der Waals surface area contributed by atoms with Crippen LogP contribution in [-0.4, -0.2) is 35.7 Å². The monoisotopic (exact) mass is 466 g/mol. The Morgan fingerprint density at radius 1 is 1.06 bits per heavy atom. The molecule has 34 heavy (non-hydrogen) atoms. The lowest BCUT2D eigenvalue weighted by Crippen LogP contribution is -2.46. The Hall–Kier alpha value is -4.01. The molecule has 0 fully saturated rings. The minimum Gasteiger partial charge on any atom is -0.327 e. The number of likely N-dealkylation sites (N-methyl/N-ethyl adjacent to an activating group) is 1. The van der Waals surface area contributed by atoms with E-state index in [4.69, 9.17) is 0 Å². The molecule has 3 aromatic rings. The minimum atomic E-state index is -4.41. The van der Waals surface area contributed by atoms with E-state index in [1.807, 2.05) is 30.3 Å². The van der Waals surface area contributed by atoms with E-state index in [-0.39, 0.29) is 12.8 Å². The summed E-state index contributed by atoms with van der Waals surface area (Å²) in [7, 11) is 1.60. The Balaban J connectivity index is 1.54. The van der Waals surface area contributed by atoms with E-state index < -0.39 is 29.7 Å². The number of aromatic nitrogens is 1. The average Bonchev–Trinajstić information content (AvgIpc) is 2.94. The summed E-state index contributed by atoms with van der Waals surface area (Å²) >= 11 is 0. The van der Waals surface area contributed by atoms with Gasteiger partial charge in [-0.15, -0.1) is 0 Å². The molecule has 0 saturated heterocycles. The average molecular weight is 466 g/mol. The number of anilines is 1. The molecule has 174 valence electrons. The van der Waals surface area contributed by atoms with Crippen LogP contribution in [0.5, 0.6) is 0 Å². The molecule has 1 N–H and O–H groups in total. The molecule has 0 bridgehead atoms. The summed E-state index contributed by atoms with van der Waals surface area (Å²) < 4.78 is 38.2. The summed E-state index contributed by atoms with van der Waals surface area (Å²) in [5, 5.41) is 2.66. The Kier molecular flexibility index (Phi) is 6.45. The predicted molar refractivity (Wildman–Crippen MR) is 121 cm³/mol. The second kappa shape index (κ2) is 9.46. The second-order valence-corrected chi connectivity index (χ2v) is 7.80. The van der Waals surface area contributed by atoms with Crippen molar-refractivity contribution in [2.75, 3.05) is 11.9 Å². The first-order chi connectivity index (χ1) is 16.2. The van der Waals surface area contributed by atoms with Gasteiger partial charge >= 0.3 is 6.18 Å². The van der Waals surface area contributed by atoms with E-state index in [9.17, 15) is 22.8 Å². The number of carbonyl (C=O) groups is 2. The summed E-state index contributed by atoms with van der Waals surface area (Å²) in [4.78, 5) is 35.9. The Bertz CT molecular complexity index is 1220. The van der Waals surface area contributed by atoms with E-state index in [2.05, 4.69) is 15.3 Å². The second-order valence-electron chi connectivity index (χ2n) is 7.80. The number of rotatable bonds is 5. The number of hydrogen-bond donors (Lipinski definition) is 1. The fourth-order valence-corrected chi connectivity index (χ4v) is 3.68. The molecule has 2 amide bonds. The zero-order chi connectivity index (χ0) is 24.3. The number of carbonyl (C=O) groups excluding carboxylic acids is 2. The third-order valence-corrected chi connectivity index (χ3v) is 5.50. The van der Waals surface area contributed by atoms with E-state index in [0.29, 0.717) is 22.5 Å². The molecule has 2 heterocycles. The SMILES string of the molecule is CN1C(=O)C(NC(=O)CCc2ccc(C(F)(F)F)cc2)N=C(c2ccccc2)c2cnccc21. The van der Waals surface area contributed by atoms with E-state index in [1.165, 1.54) is 17.0 Å². The number of hydrogen-bond acceptors (Lipinski definition) is 4. The summed E-state index contributed by atoms with van der Waals surface area (Å²) in [6, 6.07) is 15.6. The topological polar surface area (TPSA) is 74.7 Å². The molecular weight excluding hydrogens is 445 g/mol. The fourth-order valence-electron chi connectivity index (χ4n) is 3.68. The lowest BCUT2D eigenvalue weighted by molar-refractivity contribution is -0.137. The zero-order valence-corrected chi connectivity index (χ0v) is 18.2. The van der Waals surface area contributed by atoms with Crippen LogP contribution in [0.2, 0.25) is 0 Å². The molecular formula is C25H21F3N4O2. The van der Waals surface area contributed by atoms with Crippen molar-refractivity contribution in [3.05, 3.63) is 95.3 Å². The number of nitrogens with one attached hydrogen (secondary N) is 1. The van der Waals surface area contributed by atoms with Gasteiger partial charge in [-0.1, -0.05) is 42.5 Å². The van der Waals surface area contributed by atoms with Gasteiger partial charge in [0, 0.05) is 37.0 Å². The number of alkyl halides is 3. The minimum absolute atomic E-state index is 0.0104. The third kappa shape index (κ3) is 4.98. The van der Waals surface area contributed by atoms with Crippen LogP contribution in [0.15, 0.2) is 78.0 Å². The van der Waals surface area contributed by atoms with Crippen LogP contribution in [0.4, 0.5) is 18.9 Å². The highest BCUT2D eigenvalue weighted by Crippen LogP contribution is 2.29. The molecule has 1 aliphatic rings. The van der Waals surface area contributed by atoms with E-state index in [1.54, 1.807) is 25.5 Å². The van der Waals surface area contributed by atoms with Gasteiger partial charge < -0.3 is 10.2 Å². The van der Waals surface area contributed by atoms with Crippen LogP contribution < -0.4 is 10.2 Å². The van der Waals surface area contributed by atoms with Crippen LogP contribution in [0.25, 0.3) is 0 Å². The van der Waals surface area contributed by atoms with Gasteiger partial charge in [-0.2, -0.15) is 13.2 Å². The molecule has 2 aromatic carbocycles. The normalized spacial score (nSPS) is 15.9. The lowest BCUT2D eigenvalue weighted by Gasteiger charge is -2.20. The molecule has 6 nitrogen and oxygen atoms in total. The van der Waals surface area contributed by atoms with Gasteiger partial charge in [0.2, 0.25) is 12.1 Å². The molecule has 0 radical (unpaired) electrons. The predicted octanol–water partition coefficient (Wildman–Crippen LogP) is 3.99. The maximum atomic E-state index is 13.1. The van der Waals surface area contributed by atoms with Gasteiger partial charge in [0.15, 0.2) is 0 Å². The van der Waals surface area contributed by atoms with E-state index in [0.717, 1.165) is 17.7 Å². The molecule has 0 aliphatic carbocycles. The van der Waals surface area contributed by atoms with Crippen molar-refractivity contribution in [2.45, 2.75) is 25.2 Å². The van der Waals surface area contributed by atoms with Crippen molar-refractivity contribution in [1.29, 1.82) is 0 Å². The summed E-state index contributed by atoms with van der Waals surface area (Å²) in [6.45, 7) is 0. The summed E-state index contributed by atoms with van der Waals surface area (Å²) in [6.07, 6.45) is -2.16. The van der Waals surface area contributed by atoms with Crippen LogP contribution in [0, 0.1) is 0 Å². The van der Waals surface area contributed by atoms with Gasteiger partial charge in [-0.05, 0) is 30.2 Å². The Morgan fingerprint density at radius 3 is 2.44 bits per heavy atom. The van der Waals surface area contributed by atoms with Crippen LogP contribution in [0.1, 0.15) is 28.7 Å². The highest BCUT2D eigenvalue weighted by Gasteiger charge is 2.31. The number of aliphatic imine (C=N–C) groups is 1. The summed E-state index contributed by atoms with van der Waals surface area (Å²) in [5.41, 5.74) is 2.40. The fraction of sp³-hybridized carbons (Fsp3) is 0.200. The Morgan fingerprint density at radius 2 is 1.76 bits per heavy atom. The molecule has 4 rings (SSSR count). The highest BCUT2D eigenvalue weighted by atomic mass is 19.4. The van der Waals surface area contributed by atoms with Crippen molar-refractivity contribution in [3.8, 4) is 0 Å². The number of fused-ring (bicyclic) bond motifs is 1. The quantitative estimate of drug-likeness (QED) is 0.618. The Labute approximate surface area is 194 Å². The smallest absolute Gasteiger partial charge is 0.327 e. The number of aryl methyl sites for hydroxylation is 1. The largest absolute Gasteiger partial charge is 0.416 e. The maximum absolute atomic E-state index is 13.1. The van der Waals surface area contributed by atoms with E-state index >= 15 is 0 Å². The number of pyridine rings is 1. The molecule has 1 aromatic heterocycles. The molecule has 1 aliphatic heterocycles. The van der Waals surface area contributed by atoms with Crippen molar-refractivity contribution in [1.82, 2.24) is 10.3 Å². The van der Waals surface area contributed by atoms with Gasteiger partial charge in [-0.25, -0.2) is 4.99 Å². The van der Waals surface area contributed by atoms with Gasteiger partial charge in [0.25, 0.3) is 5.91 Å². The number of nitrogens with zero attached hydrogens (tertiary/aromatic N) is 3. The molecule has 1 atom stereocenters. The summed E-state index contributed by atoms with van der Waals surface area (Å²) in [5.74, 6) is -0.854. The molecule has 0 spiro atoms. The van der Waals surface area contributed by atoms with Crippen molar-refractivity contribution < 1.29 is 22.8 Å². The molecule has 9 heteroatoms. The van der Waals surface area contributed by atoms with Crippen LogP contribution in [0.3, 0.4) is 0 Å². The van der Waals surface area contributed by atoms with Crippen LogP contribution in [-0.2, 0) is 22.2 Å². The standard InChI is InChI=1S/C25H21F3N4O2/c1-32-20-13-14-29-15-19(20)22(17-5-3-2-4-6-17)31-23(24(32)34)30-21(33)12-9-16-7-10-18(11-8-16)25(26,27)28/h2-8,10-11,13-15,23H,9,12H2,1H3,(H,30,33). The molecule has 0 saturated carbocycles. The number of amides is 2.